The summed E-state index contributed by atoms with van der Waals surface area (Å²) in [5, 5.41) is 3.18. The molecule has 2 rings (SSSR count). The molecule has 0 bridgehead atoms. The molecule has 1 N–H and O–H groups in total. The van der Waals surface area contributed by atoms with Crippen LogP contribution in [0.1, 0.15) is 39.0 Å². The summed E-state index contributed by atoms with van der Waals surface area (Å²) >= 11 is 0. The van der Waals surface area contributed by atoms with Crippen molar-refractivity contribution in [2.45, 2.75) is 51.6 Å². The second-order valence-electron chi connectivity index (χ2n) is 5.62. The average molecular weight is 278 g/mol. The smallest absolute Gasteiger partial charge is 0.293 e. The minimum Gasteiger partial charge on any atom is -0.364 e. The van der Waals surface area contributed by atoms with E-state index in [1.54, 1.807) is 17.0 Å². The maximum atomic E-state index is 12.1. The van der Waals surface area contributed by atoms with Gasteiger partial charge in [0.15, 0.2) is 5.82 Å². The number of hydrogen-bond acceptors (Lipinski definition) is 4. The van der Waals surface area contributed by atoms with Crippen molar-refractivity contribution in [3.8, 4) is 0 Å². The topological polar surface area (TPSA) is 50.2 Å². The lowest BCUT2D eigenvalue weighted by atomic mass is 10.2. The number of likely N-dealkylation sites (N-methyl/N-ethyl adjacent to an activating group) is 1. The van der Waals surface area contributed by atoms with Gasteiger partial charge in [-0.05, 0) is 26.3 Å². The Morgan fingerprint density at radius 3 is 2.90 bits per heavy atom. The van der Waals surface area contributed by atoms with Crippen molar-refractivity contribution in [3.05, 3.63) is 22.7 Å². The van der Waals surface area contributed by atoms with E-state index in [0.29, 0.717) is 5.82 Å². The van der Waals surface area contributed by atoms with Crippen LogP contribution in [0.25, 0.3) is 0 Å². The summed E-state index contributed by atoms with van der Waals surface area (Å²) in [6.45, 7) is 4.54. The van der Waals surface area contributed by atoms with Crippen LogP contribution in [0, 0.1) is 0 Å². The number of rotatable bonds is 7. The quantitative estimate of drug-likeness (QED) is 0.828. The van der Waals surface area contributed by atoms with Gasteiger partial charge in [0.1, 0.15) is 0 Å². The Balaban J connectivity index is 1.84. The monoisotopic (exact) mass is 278 g/mol. The third kappa shape index (κ3) is 3.82. The van der Waals surface area contributed by atoms with Gasteiger partial charge in [0.05, 0.1) is 0 Å². The van der Waals surface area contributed by atoms with Crippen molar-refractivity contribution in [3.63, 3.8) is 0 Å². The van der Waals surface area contributed by atoms with E-state index in [1.165, 1.54) is 25.7 Å². The van der Waals surface area contributed by atoms with Crippen LogP contribution >= 0.6 is 0 Å². The fourth-order valence-electron chi connectivity index (χ4n) is 2.86. The maximum absolute atomic E-state index is 12.1. The molecular weight excluding hydrogens is 252 g/mol. The van der Waals surface area contributed by atoms with Crippen molar-refractivity contribution in [1.82, 2.24) is 14.5 Å². The highest BCUT2D eigenvalue weighted by molar-refractivity contribution is 5.30. The summed E-state index contributed by atoms with van der Waals surface area (Å²) in [6, 6.07) is 0.720. The summed E-state index contributed by atoms with van der Waals surface area (Å²) in [5.74, 6) is 0.473. The van der Waals surface area contributed by atoms with E-state index >= 15 is 0 Å². The van der Waals surface area contributed by atoms with Crippen LogP contribution < -0.4 is 10.9 Å². The molecule has 1 aliphatic carbocycles. The minimum absolute atomic E-state index is 0.0159. The second-order valence-corrected chi connectivity index (χ2v) is 5.62. The van der Waals surface area contributed by atoms with Gasteiger partial charge < -0.3 is 14.8 Å². The normalized spacial score (nSPS) is 15.9. The van der Waals surface area contributed by atoms with Crippen LogP contribution in [0.15, 0.2) is 17.2 Å². The molecule has 1 heterocycles. The Kier molecular flexibility index (Phi) is 5.59. The first-order valence-corrected chi connectivity index (χ1v) is 7.72. The predicted molar refractivity (Wildman–Crippen MR) is 82.2 cm³/mol. The van der Waals surface area contributed by atoms with Gasteiger partial charge in [0.25, 0.3) is 5.56 Å². The Morgan fingerprint density at radius 2 is 2.20 bits per heavy atom. The van der Waals surface area contributed by atoms with Crippen molar-refractivity contribution in [1.29, 1.82) is 0 Å². The molecule has 1 aromatic rings. The molecule has 112 valence electrons. The van der Waals surface area contributed by atoms with Gasteiger partial charge in [0, 0.05) is 38.1 Å². The summed E-state index contributed by atoms with van der Waals surface area (Å²) < 4.78 is 1.72. The Hall–Kier alpha value is -1.36. The zero-order chi connectivity index (χ0) is 14.4. The molecule has 1 saturated carbocycles. The molecule has 0 unspecified atom stereocenters. The number of aromatic nitrogens is 2. The molecular formula is C15H26N4O. The van der Waals surface area contributed by atoms with E-state index in [-0.39, 0.29) is 5.56 Å². The molecule has 0 spiro atoms. The SMILES string of the molecule is CCCn1ccnc(NCCN(C)C2CCCC2)c1=O. The highest BCUT2D eigenvalue weighted by Gasteiger charge is 2.18. The maximum Gasteiger partial charge on any atom is 0.293 e. The van der Waals surface area contributed by atoms with E-state index in [4.69, 9.17) is 0 Å². The van der Waals surface area contributed by atoms with E-state index in [2.05, 4.69) is 29.2 Å². The molecule has 0 aromatic carbocycles. The van der Waals surface area contributed by atoms with Gasteiger partial charge in [-0.25, -0.2) is 4.98 Å². The summed E-state index contributed by atoms with van der Waals surface area (Å²) in [5.41, 5.74) is -0.0159. The van der Waals surface area contributed by atoms with Crippen LogP contribution in [-0.4, -0.2) is 40.6 Å². The standard InChI is InChI=1S/C15H26N4O/c1-3-10-19-12-9-17-14(15(19)20)16-8-11-18(2)13-6-4-5-7-13/h9,12-13H,3-8,10-11H2,1-2H3,(H,16,17). The third-order valence-corrected chi connectivity index (χ3v) is 4.08. The summed E-state index contributed by atoms with van der Waals surface area (Å²) in [6.07, 6.45) is 9.72. The molecule has 0 radical (unpaired) electrons. The van der Waals surface area contributed by atoms with Crippen LogP contribution in [0.4, 0.5) is 5.82 Å². The van der Waals surface area contributed by atoms with Gasteiger partial charge in [-0.15, -0.1) is 0 Å². The van der Waals surface area contributed by atoms with Crippen LogP contribution in [-0.2, 0) is 6.54 Å². The number of aryl methyl sites for hydroxylation is 1. The first-order chi connectivity index (χ1) is 9.72. The van der Waals surface area contributed by atoms with E-state index in [1.807, 2.05) is 0 Å². The minimum atomic E-state index is -0.0159. The van der Waals surface area contributed by atoms with Crippen LogP contribution in [0.3, 0.4) is 0 Å². The number of hydrogen-bond donors (Lipinski definition) is 1. The van der Waals surface area contributed by atoms with E-state index in [0.717, 1.165) is 32.1 Å². The van der Waals surface area contributed by atoms with Crippen molar-refractivity contribution in [2.24, 2.45) is 0 Å². The van der Waals surface area contributed by atoms with Crippen molar-refractivity contribution >= 4 is 5.82 Å². The predicted octanol–water partition coefficient (Wildman–Crippen LogP) is 1.94. The summed E-state index contributed by atoms with van der Waals surface area (Å²) in [4.78, 5) is 18.7. The Morgan fingerprint density at radius 1 is 1.45 bits per heavy atom. The molecule has 0 aliphatic heterocycles. The van der Waals surface area contributed by atoms with Gasteiger partial charge in [0.2, 0.25) is 0 Å². The molecule has 20 heavy (non-hydrogen) atoms. The van der Waals surface area contributed by atoms with E-state index < -0.39 is 0 Å². The molecule has 1 aliphatic rings. The van der Waals surface area contributed by atoms with Gasteiger partial charge in [-0.1, -0.05) is 19.8 Å². The molecule has 5 heteroatoms. The number of anilines is 1. The van der Waals surface area contributed by atoms with Gasteiger partial charge >= 0.3 is 0 Å². The first kappa shape index (κ1) is 15.0. The average Bonchev–Trinajstić information content (AvgIpc) is 2.97. The van der Waals surface area contributed by atoms with Crippen molar-refractivity contribution in [2.75, 3.05) is 25.5 Å². The largest absolute Gasteiger partial charge is 0.364 e. The molecule has 0 amide bonds. The highest BCUT2D eigenvalue weighted by atomic mass is 16.1. The zero-order valence-corrected chi connectivity index (χ0v) is 12.6. The van der Waals surface area contributed by atoms with Crippen molar-refractivity contribution < 1.29 is 0 Å². The fraction of sp³-hybridized carbons (Fsp3) is 0.733. The molecule has 0 saturated heterocycles. The fourth-order valence-corrected chi connectivity index (χ4v) is 2.86. The molecule has 1 fully saturated rings. The number of nitrogens with one attached hydrogen (secondary N) is 1. The molecule has 5 nitrogen and oxygen atoms in total. The summed E-state index contributed by atoms with van der Waals surface area (Å²) in [7, 11) is 2.17. The lowest BCUT2D eigenvalue weighted by Gasteiger charge is -2.23. The second kappa shape index (κ2) is 7.43. The van der Waals surface area contributed by atoms with Gasteiger partial charge in [-0.2, -0.15) is 0 Å². The van der Waals surface area contributed by atoms with Crippen LogP contribution in [0.5, 0.6) is 0 Å². The Labute approximate surface area is 121 Å². The zero-order valence-electron chi connectivity index (χ0n) is 12.6. The number of nitrogens with zero attached hydrogens (tertiary/aromatic N) is 3. The highest BCUT2D eigenvalue weighted by Crippen LogP contribution is 2.21. The Bertz CT molecular complexity index is 465. The van der Waals surface area contributed by atoms with Crippen LogP contribution in [0.2, 0.25) is 0 Å². The molecule has 0 atom stereocenters. The van der Waals surface area contributed by atoms with E-state index in [9.17, 15) is 4.79 Å². The lowest BCUT2D eigenvalue weighted by Crippen LogP contribution is -2.34. The first-order valence-electron chi connectivity index (χ1n) is 7.72. The van der Waals surface area contributed by atoms with Gasteiger partial charge in [-0.3, -0.25) is 4.79 Å². The third-order valence-electron chi connectivity index (χ3n) is 4.08. The lowest BCUT2D eigenvalue weighted by molar-refractivity contribution is 0.254. The molecule has 1 aromatic heterocycles.